The molecule has 0 aromatic rings. The minimum Gasteiger partial charge on any atom is -0.354 e. The van der Waals surface area contributed by atoms with Crippen molar-refractivity contribution < 1.29 is 4.79 Å². The summed E-state index contributed by atoms with van der Waals surface area (Å²) in [5, 5.41) is 7.01. The van der Waals surface area contributed by atoms with Gasteiger partial charge in [0.15, 0.2) is 5.96 Å². The number of nitrogens with one attached hydrogen (secondary N) is 2. The number of carbonyl (C=O) groups is 1. The minimum atomic E-state index is 0. The molecule has 0 spiro atoms. The van der Waals surface area contributed by atoms with Crippen molar-refractivity contribution in [2.75, 3.05) is 20.6 Å². The van der Waals surface area contributed by atoms with Crippen LogP contribution >= 0.6 is 24.0 Å². The molecule has 0 aromatic carbocycles. The highest BCUT2D eigenvalue weighted by molar-refractivity contribution is 14.0. The van der Waals surface area contributed by atoms with E-state index >= 15 is 0 Å². The molecule has 2 rings (SSSR count). The number of guanidine groups is 1. The van der Waals surface area contributed by atoms with Crippen LogP contribution in [0.25, 0.3) is 0 Å². The van der Waals surface area contributed by atoms with Crippen LogP contribution < -0.4 is 10.6 Å². The van der Waals surface area contributed by atoms with Crippen molar-refractivity contribution in [3.63, 3.8) is 0 Å². The quantitative estimate of drug-likeness (QED) is 0.426. The summed E-state index contributed by atoms with van der Waals surface area (Å²) in [6, 6.07) is 1.05. The maximum Gasteiger partial charge on any atom is 0.243 e. The molecule has 6 heteroatoms. The van der Waals surface area contributed by atoms with E-state index in [1.165, 1.54) is 51.4 Å². The van der Waals surface area contributed by atoms with E-state index in [4.69, 9.17) is 0 Å². The summed E-state index contributed by atoms with van der Waals surface area (Å²) in [7, 11) is 3.54. The van der Waals surface area contributed by atoms with Crippen LogP contribution in [-0.2, 0) is 4.79 Å². The van der Waals surface area contributed by atoms with Crippen molar-refractivity contribution in [1.82, 2.24) is 15.5 Å². The highest BCUT2D eigenvalue weighted by Crippen LogP contribution is 2.19. The number of nitrogens with zero attached hydrogens (tertiary/aromatic N) is 2. The van der Waals surface area contributed by atoms with Gasteiger partial charge in [0.05, 0.1) is 0 Å². The lowest BCUT2D eigenvalue weighted by molar-refractivity contribution is -0.127. The molecule has 0 heterocycles. The molecule has 0 unspecified atom stereocenters. The zero-order chi connectivity index (χ0) is 14.4. The molecule has 0 radical (unpaired) electrons. The first kappa shape index (κ1) is 18.5. The third-order valence-corrected chi connectivity index (χ3v) is 4.26. The SMILES string of the molecule is CN(C)C(=O)CN=C(NC1CCCC1)NC1CCCC1.I. The van der Waals surface area contributed by atoms with Crippen LogP contribution in [0.3, 0.4) is 0 Å². The fourth-order valence-corrected chi connectivity index (χ4v) is 2.95. The Morgan fingerprint density at radius 3 is 1.81 bits per heavy atom. The number of likely N-dealkylation sites (N-methyl/N-ethyl adjacent to an activating group) is 1. The van der Waals surface area contributed by atoms with Gasteiger partial charge in [0.25, 0.3) is 0 Å². The van der Waals surface area contributed by atoms with Crippen LogP contribution in [0.4, 0.5) is 0 Å². The Labute approximate surface area is 145 Å². The molecular weight excluding hydrogens is 379 g/mol. The van der Waals surface area contributed by atoms with E-state index < -0.39 is 0 Å². The Bertz CT molecular complexity index is 328. The highest BCUT2D eigenvalue weighted by atomic mass is 127. The van der Waals surface area contributed by atoms with Gasteiger partial charge in [-0.05, 0) is 25.7 Å². The van der Waals surface area contributed by atoms with E-state index in [1.807, 2.05) is 0 Å². The summed E-state index contributed by atoms with van der Waals surface area (Å²) >= 11 is 0. The molecule has 2 N–H and O–H groups in total. The number of hydrogen-bond donors (Lipinski definition) is 2. The van der Waals surface area contributed by atoms with E-state index in [9.17, 15) is 4.79 Å². The van der Waals surface area contributed by atoms with Gasteiger partial charge in [-0.1, -0.05) is 25.7 Å². The molecule has 2 aliphatic rings. The lowest BCUT2D eigenvalue weighted by Crippen LogP contribution is -2.46. The van der Waals surface area contributed by atoms with Gasteiger partial charge < -0.3 is 15.5 Å². The lowest BCUT2D eigenvalue weighted by atomic mass is 10.2. The number of aliphatic imine (C=N–C) groups is 1. The van der Waals surface area contributed by atoms with Gasteiger partial charge in [0.2, 0.25) is 5.91 Å². The molecule has 2 aliphatic carbocycles. The second-order valence-corrected chi connectivity index (χ2v) is 6.20. The van der Waals surface area contributed by atoms with Crippen molar-refractivity contribution in [2.45, 2.75) is 63.5 Å². The maximum atomic E-state index is 11.7. The van der Waals surface area contributed by atoms with Crippen LogP contribution in [0.2, 0.25) is 0 Å². The summed E-state index contributed by atoms with van der Waals surface area (Å²) in [4.78, 5) is 17.7. The normalized spacial score (nSPS) is 19.0. The number of hydrogen-bond acceptors (Lipinski definition) is 2. The number of carbonyl (C=O) groups excluding carboxylic acids is 1. The summed E-state index contributed by atoms with van der Waals surface area (Å²) in [6.45, 7) is 0.224. The molecule has 21 heavy (non-hydrogen) atoms. The Morgan fingerprint density at radius 1 is 1.00 bits per heavy atom. The molecule has 0 bridgehead atoms. The monoisotopic (exact) mass is 408 g/mol. The zero-order valence-corrected chi connectivity index (χ0v) is 15.6. The average Bonchev–Trinajstić information content (AvgIpc) is 3.08. The van der Waals surface area contributed by atoms with E-state index in [0.29, 0.717) is 12.1 Å². The standard InChI is InChI=1S/C15H28N4O.HI/c1-19(2)14(20)11-16-15(17-12-7-3-4-8-12)18-13-9-5-6-10-13;/h12-13H,3-11H2,1-2H3,(H2,16,17,18);1H. The van der Waals surface area contributed by atoms with Crippen molar-refractivity contribution in [3.8, 4) is 0 Å². The first-order chi connectivity index (χ1) is 9.65. The maximum absolute atomic E-state index is 11.7. The number of rotatable bonds is 4. The van der Waals surface area contributed by atoms with Crippen molar-refractivity contribution >= 4 is 35.8 Å². The van der Waals surface area contributed by atoms with Crippen LogP contribution in [0, 0.1) is 0 Å². The third-order valence-electron chi connectivity index (χ3n) is 4.26. The fourth-order valence-electron chi connectivity index (χ4n) is 2.95. The van der Waals surface area contributed by atoms with E-state index in [-0.39, 0.29) is 36.4 Å². The first-order valence-corrected chi connectivity index (χ1v) is 7.93. The fraction of sp³-hybridized carbons (Fsp3) is 0.867. The van der Waals surface area contributed by atoms with Gasteiger partial charge in [-0.2, -0.15) is 0 Å². The van der Waals surface area contributed by atoms with Gasteiger partial charge >= 0.3 is 0 Å². The number of amides is 1. The molecule has 2 saturated carbocycles. The van der Waals surface area contributed by atoms with Crippen LogP contribution in [-0.4, -0.2) is 49.5 Å². The summed E-state index contributed by atoms with van der Waals surface area (Å²) in [5.41, 5.74) is 0. The predicted octanol–water partition coefficient (Wildman–Crippen LogP) is 2.11. The molecule has 2 fully saturated rings. The van der Waals surface area contributed by atoms with Gasteiger partial charge in [-0.15, -0.1) is 24.0 Å². The summed E-state index contributed by atoms with van der Waals surface area (Å²) in [6.07, 6.45) is 10.0. The van der Waals surface area contributed by atoms with Gasteiger partial charge in [-0.3, -0.25) is 4.79 Å². The molecular formula is C15H29IN4O. The Kier molecular flexibility index (Phi) is 8.36. The van der Waals surface area contributed by atoms with Crippen molar-refractivity contribution in [2.24, 2.45) is 4.99 Å². The molecule has 0 atom stereocenters. The van der Waals surface area contributed by atoms with E-state index in [0.717, 1.165) is 5.96 Å². The third kappa shape index (κ3) is 6.40. The predicted molar refractivity (Wildman–Crippen MR) is 97.2 cm³/mol. The van der Waals surface area contributed by atoms with Gasteiger partial charge in [0, 0.05) is 26.2 Å². The topological polar surface area (TPSA) is 56.7 Å². The van der Waals surface area contributed by atoms with Crippen LogP contribution in [0.5, 0.6) is 0 Å². The van der Waals surface area contributed by atoms with E-state index in [2.05, 4.69) is 15.6 Å². The lowest BCUT2D eigenvalue weighted by Gasteiger charge is -2.21. The summed E-state index contributed by atoms with van der Waals surface area (Å²) < 4.78 is 0. The second kappa shape index (κ2) is 9.48. The van der Waals surface area contributed by atoms with Crippen LogP contribution in [0.1, 0.15) is 51.4 Å². The minimum absolute atomic E-state index is 0. The van der Waals surface area contributed by atoms with Gasteiger partial charge in [0.1, 0.15) is 6.54 Å². The molecule has 0 aromatic heterocycles. The molecule has 0 saturated heterocycles. The van der Waals surface area contributed by atoms with Crippen molar-refractivity contribution in [1.29, 1.82) is 0 Å². The molecule has 5 nitrogen and oxygen atoms in total. The van der Waals surface area contributed by atoms with Gasteiger partial charge in [-0.25, -0.2) is 4.99 Å². The van der Waals surface area contributed by atoms with Crippen LogP contribution in [0.15, 0.2) is 4.99 Å². The number of halogens is 1. The van der Waals surface area contributed by atoms with E-state index in [1.54, 1.807) is 19.0 Å². The molecule has 122 valence electrons. The Morgan fingerprint density at radius 2 is 1.43 bits per heavy atom. The average molecular weight is 408 g/mol. The zero-order valence-electron chi connectivity index (χ0n) is 13.2. The second-order valence-electron chi connectivity index (χ2n) is 6.20. The smallest absolute Gasteiger partial charge is 0.243 e. The molecule has 1 amide bonds. The van der Waals surface area contributed by atoms with Crippen molar-refractivity contribution in [3.05, 3.63) is 0 Å². The highest BCUT2D eigenvalue weighted by Gasteiger charge is 2.20. The first-order valence-electron chi connectivity index (χ1n) is 7.93. The molecule has 0 aliphatic heterocycles. The summed E-state index contributed by atoms with van der Waals surface area (Å²) in [5.74, 6) is 0.878. The Hall–Kier alpha value is -0.530. The Balaban J connectivity index is 0.00000220. The largest absolute Gasteiger partial charge is 0.354 e.